The van der Waals surface area contributed by atoms with E-state index in [2.05, 4.69) is 47.0 Å². The van der Waals surface area contributed by atoms with E-state index in [0.717, 1.165) is 43.1 Å². The van der Waals surface area contributed by atoms with E-state index in [0.29, 0.717) is 0 Å². The number of nitrogens with one attached hydrogen (secondary N) is 1. The number of hydrogen-bond donors (Lipinski definition) is 1. The Morgan fingerprint density at radius 1 is 1.50 bits per heavy atom. The van der Waals surface area contributed by atoms with Crippen LogP contribution >= 0.6 is 24.0 Å². The largest absolute Gasteiger partial charge is 0.351 e. The quantitative estimate of drug-likeness (QED) is 0.465. The molecule has 124 valence electrons. The first-order chi connectivity index (χ1) is 10.1. The molecule has 0 bridgehead atoms. The van der Waals surface area contributed by atoms with E-state index in [1.165, 1.54) is 18.4 Å². The first kappa shape index (κ1) is 19.2. The van der Waals surface area contributed by atoms with Crippen molar-refractivity contribution in [1.82, 2.24) is 15.2 Å². The van der Waals surface area contributed by atoms with Crippen LogP contribution in [0.15, 0.2) is 23.3 Å². The maximum absolute atomic E-state index is 4.43. The van der Waals surface area contributed by atoms with E-state index in [4.69, 9.17) is 0 Å². The van der Waals surface area contributed by atoms with Gasteiger partial charge in [0, 0.05) is 26.3 Å². The third-order valence-electron chi connectivity index (χ3n) is 4.13. The van der Waals surface area contributed by atoms with Gasteiger partial charge in [-0.05, 0) is 43.2 Å². The number of likely N-dealkylation sites (tertiary alicyclic amines) is 1. The van der Waals surface area contributed by atoms with Gasteiger partial charge in [0.15, 0.2) is 5.96 Å². The third kappa shape index (κ3) is 5.41. The zero-order valence-corrected chi connectivity index (χ0v) is 16.5. The van der Waals surface area contributed by atoms with Crippen LogP contribution in [0.3, 0.4) is 0 Å². The average Bonchev–Trinajstić information content (AvgIpc) is 2.89. The predicted octanol–water partition coefficient (Wildman–Crippen LogP) is 3.45. The van der Waals surface area contributed by atoms with Crippen LogP contribution in [0.25, 0.3) is 0 Å². The van der Waals surface area contributed by atoms with E-state index in [1.54, 1.807) is 0 Å². The summed E-state index contributed by atoms with van der Waals surface area (Å²) in [5.74, 6) is 2.59. The van der Waals surface area contributed by atoms with Gasteiger partial charge >= 0.3 is 0 Å². The highest BCUT2D eigenvalue weighted by Gasteiger charge is 2.25. The number of aliphatic imine (C=N–C) groups is 1. The molecule has 1 aromatic heterocycles. The zero-order valence-electron chi connectivity index (χ0n) is 14.2. The van der Waals surface area contributed by atoms with Gasteiger partial charge in [-0.2, -0.15) is 0 Å². The summed E-state index contributed by atoms with van der Waals surface area (Å²) in [7, 11) is 1.86. The molecule has 1 N–H and O–H groups in total. The lowest BCUT2D eigenvalue weighted by Gasteiger charge is -2.22. The fourth-order valence-electron chi connectivity index (χ4n) is 3.08. The number of halogens is 1. The van der Waals surface area contributed by atoms with Gasteiger partial charge in [-0.15, -0.1) is 24.0 Å². The normalized spacial score (nSPS) is 18.5. The van der Waals surface area contributed by atoms with Crippen LogP contribution in [0.1, 0.15) is 37.9 Å². The Labute approximate surface area is 151 Å². The highest BCUT2D eigenvalue weighted by molar-refractivity contribution is 14.0. The summed E-state index contributed by atoms with van der Waals surface area (Å²) in [6.45, 7) is 9.68. The Kier molecular flexibility index (Phi) is 8.14. The Morgan fingerprint density at radius 3 is 2.91 bits per heavy atom. The van der Waals surface area contributed by atoms with Crippen LogP contribution in [0.5, 0.6) is 0 Å². The molecule has 0 radical (unpaired) electrons. The summed E-state index contributed by atoms with van der Waals surface area (Å²) in [4.78, 5) is 11.2. The first-order valence-electron chi connectivity index (χ1n) is 7.96. The van der Waals surface area contributed by atoms with E-state index in [9.17, 15) is 0 Å². The Morgan fingerprint density at radius 2 is 2.27 bits per heavy atom. The van der Waals surface area contributed by atoms with Gasteiger partial charge in [-0.1, -0.05) is 19.9 Å². The molecule has 0 amide bonds. The van der Waals surface area contributed by atoms with Crippen LogP contribution in [0, 0.1) is 18.8 Å². The van der Waals surface area contributed by atoms with Crippen molar-refractivity contribution < 1.29 is 0 Å². The second-order valence-electron chi connectivity index (χ2n) is 6.40. The summed E-state index contributed by atoms with van der Waals surface area (Å²) in [5, 5.41) is 3.46. The van der Waals surface area contributed by atoms with Gasteiger partial charge in [0.1, 0.15) is 0 Å². The van der Waals surface area contributed by atoms with Gasteiger partial charge in [-0.3, -0.25) is 9.98 Å². The summed E-state index contributed by atoms with van der Waals surface area (Å²) in [6, 6.07) is 4.08. The van der Waals surface area contributed by atoms with Crippen molar-refractivity contribution in [3.8, 4) is 0 Å². The van der Waals surface area contributed by atoms with Crippen molar-refractivity contribution in [3.63, 3.8) is 0 Å². The SMILES string of the molecule is CN=C(NCc1ncccc1C)N1CCC(CC(C)C)C1.I. The van der Waals surface area contributed by atoms with Gasteiger partial charge in [0.05, 0.1) is 12.2 Å². The molecule has 0 spiro atoms. The van der Waals surface area contributed by atoms with E-state index >= 15 is 0 Å². The molecule has 0 aliphatic carbocycles. The fourth-order valence-corrected chi connectivity index (χ4v) is 3.08. The first-order valence-corrected chi connectivity index (χ1v) is 7.96. The van der Waals surface area contributed by atoms with Crippen molar-refractivity contribution in [3.05, 3.63) is 29.6 Å². The molecular weight excluding hydrogens is 387 g/mol. The molecule has 2 heterocycles. The average molecular weight is 416 g/mol. The zero-order chi connectivity index (χ0) is 15.2. The molecule has 1 aliphatic heterocycles. The van der Waals surface area contributed by atoms with Crippen molar-refractivity contribution in [1.29, 1.82) is 0 Å². The number of rotatable bonds is 4. The van der Waals surface area contributed by atoms with Crippen LogP contribution in [-0.4, -0.2) is 36.0 Å². The molecule has 1 saturated heterocycles. The number of nitrogens with zero attached hydrogens (tertiary/aromatic N) is 3. The lowest BCUT2D eigenvalue weighted by atomic mass is 9.97. The van der Waals surface area contributed by atoms with E-state index in [-0.39, 0.29) is 24.0 Å². The van der Waals surface area contributed by atoms with Gasteiger partial charge < -0.3 is 10.2 Å². The smallest absolute Gasteiger partial charge is 0.193 e. The van der Waals surface area contributed by atoms with E-state index < -0.39 is 0 Å². The predicted molar refractivity (Wildman–Crippen MR) is 104 cm³/mol. The monoisotopic (exact) mass is 416 g/mol. The van der Waals surface area contributed by atoms with Crippen LogP contribution in [-0.2, 0) is 6.54 Å². The van der Waals surface area contributed by atoms with Crippen molar-refractivity contribution in [2.24, 2.45) is 16.8 Å². The Hall–Kier alpha value is -0.850. The van der Waals surface area contributed by atoms with Crippen LogP contribution < -0.4 is 5.32 Å². The number of guanidine groups is 1. The standard InChI is InChI=1S/C17H28N4.HI/c1-13(2)10-15-7-9-21(12-15)17(18-4)20-11-16-14(3)6-5-8-19-16;/h5-6,8,13,15H,7,9-12H2,1-4H3,(H,18,20);1H. The van der Waals surface area contributed by atoms with Crippen molar-refractivity contribution in [2.45, 2.75) is 40.2 Å². The second-order valence-corrected chi connectivity index (χ2v) is 6.40. The molecule has 4 nitrogen and oxygen atoms in total. The number of aryl methyl sites for hydroxylation is 1. The third-order valence-corrected chi connectivity index (χ3v) is 4.13. The maximum Gasteiger partial charge on any atom is 0.193 e. The Bertz CT molecular complexity index is 487. The summed E-state index contributed by atoms with van der Waals surface area (Å²) in [6.07, 6.45) is 4.44. The minimum absolute atomic E-state index is 0. The van der Waals surface area contributed by atoms with E-state index in [1.807, 2.05) is 19.3 Å². The highest BCUT2D eigenvalue weighted by Crippen LogP contribution is 2.23. The van der Waals surface area contributed by atoms with Crippen molar-refractivity contribution >= 4 is 29.9 Å². The topological polar surface area (TPSA) is 40.5 Å². The fraction of sp³-hybridized carbons (Fsp3) is 0.647. The molecule has 5 heteroatoms. The molecule has 1 fully saturated rings. The molecule has 22 heavy (non-hydrogen) atoms. The minimum Gasteiger partial charge on any atom is -0.351 e. The molecule has 2 rings (SSSR count). The second kappa shape index (κ2) is 9.33. The summed E-state index contributed by atoms with van der Waals surface area (Å²) < 4.78 is 0. The van der Waals surface area contributed by atoms with Crippen LogP contribution in [0.2, 0.25) is 0 Å². The maximum atomic E-state index is 4.43. The Balaban J connectivity index is 0.00000242. The molecule has 1 aliphatic rings. The molecule has 1 aromatic rings. The van der Waals surface area contributed by atoms with Gasteiger partial charge in [0.25, 0.3) is 0 Å². The van der Waals surface area contributed by atoms with Gasteiger partial charge in [0.2, 0.25) is 0 Å². The number of hydrogen-bond acceptors (Lipinski definition) is 2. The number of pyridine rings is 1. The lowest BCUT2D eigenvalue weighted by Crippen LogP contribution is -2.40. The molecular formula is C17H29IN4. The molecule has 1 unspecified atom stereocenters. The molecule has 0 aromatic carbocycles. The summed E-state index contributed by atoms with van der Waals surface area (Å²) >= 11 is 0. The lowest BCUT2D eigenvalue weighted by molar-refractivity contribution is 0.403. The summed E-state index contributed by atoms with van der Waals surface area (Å²) in [5.41, 5.74) is 2.32. The molecule has 1 atom stereocenters. The van der Waals surface area contributed by atoms with Crippen molar-refractivity contribution in [2.75, 3.05) is 20.1 Å². The highest BCUT2D eigenvalue weighted by atomic mass is 127. The van der Waals surface area contributed by atoms with Gasteiger partial charge in [-0.25, -0.2) is 0 Å². The molecule has 0 saturated carbocycles. The minimum atomic E-state index is 0. The van der Waals surface area contributed by atoms with Crippen LogP contribution in [0.4, 0.5) is 0 Å². The number of aromatic nitrogens is 1.